The summed E-state index contributed by atoms with van der Waals surface area (Å²) >= 11 is 6.37. The molecule has 0 aliphatic carbocycles. The maximum absolute atomic E-state index is 13.0. The molecule has 0 radical (unpaired) electrons. The molecule has 4 rings (SSSR count). The van der Waals surface area contributed by atoms with Crippen LogP contribution >= 0.6 is 11.6 Å². The van der Waals surface area contributed by atoms with Crippen LogP contribution in [0, 0.1) is 6.92 Å². The van der Waals surface area contributed by atoms with Crippen LogP contribution in [0.15, 0.2) is 58.1 Å². The van der Waals surface area contributed by atoms with E-state index in [-0.39, 0.29) is 0 Å². The summed E-state index contributed by atoms with van der Waals surface area (Å²) in [4.78, 5) is 29.9. The fourth-order valence-corrected chi connectivity index (χ4v) is 3.61. The lowest BCUT2D eigenvalue weighted by Gasteiger charge is -2.12. The van der Waals surface area contributed by atoms with Gasteiger partial charge in [-0.1, -0.05) is 59.6 Å². The molecular weight excluding hydrogens is 402 g/mol. The lowest BCUT2D eigenvalue weighted by atomic mass is 10.1. The summed E-state index contributed by atoms with van der Waals surface area (Å²) in [7, 11) is 3.08. The average molecular weight is 424 g/mol. The van der Waals surface area contributed by atoms with Gasteiger partial charge >= 0.3 is 5.69 Å². The lowest BCUT2D eigenvalue weighted by molar-refractivity contribution is 0.702. The Hall–Kier alpha value is -3.32. The molecule has 0 aliphatic heterocycles. The number of fused-ring (bicyclic) bond motifs is 1. The maximum atomic E-state index is 13.0. The van der Waals surface area contributed by atoms with Gasteiger partial charge in [0.25, 0.3) is 5.56 Å². The molecule has 2 aromatic carbocycles. The third-order valence-electron chi connectivity index (χ3n) is 5.21. The number of aromatic nitrogens is 4. The Morgan fingerprint density at radius 2 is 1.70 bits per heavy atom. The summed E-state index contributed by atoms with van der Waals surface area (Å²) in [6.45, 7) is 2.91. The van der Waals surface area contributed by atoms with Crippen molar-refractivity contribution < 1.29 is 0 Å². The van der Waals surface area contributed by atoms with E-state index in [4.69, 9.17) is 11.6 Å². The summed E-state index contributed by atoms with van der Waals surface area (Å²) in [6, 6.07) is 15.6. The van der Waals surface area contributed by atoms with Gasteiger partial charge in [-0.05, 0) is 24.1 Å². The number of rotatable bonds is 5. The van der Waals surface area contributed by atoms with E-state index in [1.54, 1.807) is 11.6 Å². The van der Waals surface area contributed by atoms with Crippen molar-refractivity contribution >= 4 is 28.7 Å². The zero-order valence-corrected chi connectivity index (χ0v) is 17.8. The number of aryl methyl sites for hydroxylation is 2. The van der Waals surface area contributed by atoms with Gasteiger partial charge in [0.15, 0.2) is 11.2 Å². The van der Waals surface area contributed by atoms with Gasteiger partial charge in [0.1, 0.15) is 0 Å². The van der Waals surface area contributed by atoms with Gasteiger partial charge in [-0.15, -0.1) is 0 Å². The highest BCUT2D eigenvalue weighted by Gasteiger charge is 2.19. The molecule has 2 heterocycles. The number of nitrogens with zero attached hydrogens (tertiary/aromatic N) is 4. The summed E-state index contributed by atoms with van der Waals surface area (Å²) < 4.78 is 4.26. The van der Waals surface area contributed by atoms with E-state index in [2.05, 4.69) is 10.3 Å². The topological polar surface area (TPSA) is 73.8 Å². The van der Waals surface area contributed by atoms with Crippen molar-refractivity contribution in [2.75, 3.05) is 5.32 Å². The molecule has 0 fully saturated rings. The van der Waals surface area contributed by atoms with Gasteiger partial charge in [0, 0.05) is 25.7 Å². The minimum atomic E-state index is -0.417. The summed E-state index contributed by atoms with van der Waals surface area (Å²) in [6.07, 6.45) is 0. The molecule has 7 nitrogen and oxygen atoms in total. The number of anilines is 1. The van der Waals surface area contributed by atoms with Crippen molar-refractivity contribution in [3.63, 3.8) is 0 Å². The molecule has 0 aliphatic rings. The Morgan fingerprint density at radius 3 is 2.40 bits per heavy atom. The second kappa shape index (κ2) is 7.84. The molecule has 0 saturated carbocycles. The van der Waals surface area contributed by atoms with Gasteiger partial charge in [0.2, 0.25) is 5.95 Å². The highest BCUT2D eigenvalue weighted by molar-refractivity contribution is 6.31. The molecule has 1 N–H and O–H groups in total. The van der Waals surface area contributed by atoms with Gasteiger partial charge in [-0.3, -0.25) is 18.5 Å². The van der Waals surface area contributed by atoms with E-state index in [1.807, 2.05) is 55.5 Å². The molecule has 0 atom stereocenters. The van der Waals surface area contributed by atoms with Crippen LogP contribution in [-0.2, 0) is 27.2 Å². The zero-order valence-electron chi connectivity index (χ0n) is 17.0. The van der Waals surface area contributed by atoms with Gasteiger partial charge in [-0.25, -0.2) is 4.79 Å². The molecule has 8 heteroatoms. The first-order chi connectivity index (χ1) is 14.4. The van der Waals surface area contributed by atoms with Crippen molar-refractivity contribution in [1.29, 1.82) is 0 Å². The molecule has 0 bridgehead atoms. The van der Waals surface area contributed by atoms with Crippen molar-refractivity contribution in [1.82, 2.24) is 18.7 Å². The molecule has 2 aromatic heterocycles. The Labute approximate surface area is 178 Å². The SMILES string of the molecule is Cc1ccc(CNc2nc3c(c(=O)n(C)c(=O)n3C)n2Cc2ccccc2Cl)cc1. The van der Waals surface area contributed by atoms with Crippen LogP contribution in [0.25, 0.3) is 11.2 Å². The predicted octanol–water partition coefficient (Wildman–Crippen LogP) is 3.06. The number of imidazole rings is 1. The van der Waals surface area contributed by atoms with Gasteiger partial charge in [0.05, 0.1) is 6.54 Å². The van der Waals surface area contributed by atoms with Gasteiger partial charge in [-0.2, -0.15) is 4.98 Å². The predicted molar refractivity (Wildman–Crippen MR) is 119 cm³/mol. The molecular formula is C22H22ClN5O2. The molecule has 0 amide bonds. The minimum Gasteiger partial charge on any atom is -0.351 e. The summed E-state index contributed by atoms with van der Waals surface area (Å²) in [5.41, 5.74) is 3.00. The van der Waals surface area contributed by atoms with Crippen molar-refractivity contribution in [2.24, 2.45) is 14.1 Å². The Bertz CT molecular complexity index is 1350. The smallest absolute Gasteiger partial charge is 0.332 e. The number of hydrogen-bond acceptors (Lipinski definition) is 4. The Kier molecular flexibility index (Phi) is 5.22. The molecule has 4 aromatic rings. The third-order valence-corrected chi connectivity index (χ3v) is 5.57. The summed E-state index contributed by atoms with van der Waals surface area (Å²) in [5.74, 6) is 0.504. The van der Waals surface area contributed by atoms with Crippen LogP contribution in [0.4, 0.5) is 5.95 Å². The van der Waals surface area contributed by atoms with Crippen LogP contribution in [0.1, 0.15) is 16.7 Å². The van der Waals surface area contributed by atoms with Gasteiger partial charge < -0.3 is 5.32 Å². The minimum absolute atomic E-state index is 0.335. The van der Waals surface area contributed by atoms with E-state index in [9.17, 15) is 9.59 Å². The van der Waals surface area contributed by atoms with Crippen LogP contribution < -0.4 is 16.6 Å². The van der Waals surface area contributed by atoms with E-state index in [0.29, 0.717) is 35.2 Å². The van der Waals surface area contributed by atoms with Crippen LogP contribution in [0.2, 0.25) is 5.02 Å². The number of nitrogens with one attached hydrogen (secondary N) is 1. The fraction of sp³-hybridized carbons (Fsp3) is 0.227. The van der Waals surface area contributed by atoms with Crippen molar-refractivity contribution in [2.45, 2.75) is 20.0 Å². The second-order valence-corrected chi connectivity index (χ2v) is 7.74. The maximum Gasteiger partial charge on any atom is 0.332 e. The second-order valence-electron chi connectivity index (χ2n) is 7.33. The third kappa shape index (κ3) is 3.52. The Morgan fingerprint density at radius 1 is 1.00 bits per heavy atom. The molecule has 154 valence electrons. The first kappa shape index (κ1) is 20.0. The van der Waals surface area contributed by atoms with Crippen molar-refractivity contribution in [3.05, 3.63) is 91.1 Å². The highest BCUT2D eigenvalue weighted by atomic mass is 35.5. The number of benzene rings is 2. The molecule has 0 saturated heterocycles. The van der Waals surface area contributed by atoms with Crippen LogP contribution in [0.3, 0.4) is 0 Å². The van der Waals surface area contributed by atoms with E-state index in [1.165, 1.54) is 17.2 Å². The lowest BCUT2D eigenvalue weighted by Crippen LogP contribution is -2.37. The molecule has 0 unspecified atom stereocenters. The highest BCUT2D eigenvalue weighted by Crippen LogP contribution is 2.22. The summed E-state index contributed by atoms with van der Waals surface area (Å²) in [5, 5.41) is 3.92. The largest absolute Gasteiger partial charge is 0.351 e. The van der Waals surface area contributed by atoms with E-state index < -0.39 is 11.2 Å². The number of halogens is 1. The first-order valence-electron chi connectivity index (χ1n) is 9.56. The molecule has 0 spiro atoms. The van der Waals surface area contributed by atoms with E-state index >= 15 is 0 Å². The van der Waals surface area contributed by atoms with Crippen molar-refractivity contribution in [3.8, 4) is 0 Å². The molecule has 30 heavy (non-hydrogen) atoms. The average Bonchev–Trinajstić information content (AvgIpc) is 3.10. The van der Waals surface area contributed by atoms with Crippen LogP contribution in [0.5, 0.6) is 0 Å². The Balaban J connectivity index is 1.85. The first-order valence-corrected chi connectivity index (χ1v) is 9.93. The normalized spacial score (nSPS) is 11.2. The monoisotopic (exact) mass is 423 g/mol. The zero-order chi connectivity index (χ0) is 21.4. The number of hydrogen-bond donors (Lipinski definition) is 1. The van der Waals surface area contributed by atoms with Crippen LogP contribution in [-0.4, -0.2) is 18.7 Å². The standard InChI is InChI=1S/C22H22ClN5O2/c1-14-8-10-15(11-9-14)12-24-21-25-19-18(20(29)27(3)22(30)26(19)2)28(21)13-16-6-4-5-7-17(16)23/h4-11H,12-13H2,1-3H3,(H,24,25). The fourth-order valence-electron chi connectivity index (χ4n) is 3.42. The quantitative estimate of drug-likeness (QED) is 0.535. The van der Waals surface area contributed by atoms with E-state index in [0.717, 1.165) is 15.7 Å².